The number of amides is 2. The molecule has 2 rings (SSSR count). The Labute approximate surface area is 133 Å². The van der Waals surface area contributed by atoms with Crippen molar-refractivity contribution in [3.63, 3.8) is 0 Å². The van der Waals surface area contributed by atoms with Crippen molar-refractivity contribution < 1.29 is 9.59 Å². The van der Waals surface area contributed by atoms with E-state index in [1.807, 2.05) is 16.7 Å². The molecule has 0 radical (unpaired) electrons. The van der Waals surface area contributed by atoms with Gasteiger partial charge in [-0.15, -0.1) is 0 Å². The first-order valence-corrected chi connectivity index (χ1v) is 8.60. The zero-order chi connectivity index (χ0) is 15.9. The molecule has 0 aromatic heterocycles. The first-order chi connectivity index (χ1) is 10.6. The van der Waals surface area contributed by atoms with Crippen molar-refractivity contribution in [2.24, 2.45) is 5.73 Å². The lowest BCUT2D eigenvalue weighted by atomic mass is 10.2. The maximum atomic E-state index is 12.4. The molecule has 0 spiro atoms. The fraction of sp³-hybridized carbons (Fsp3) is 0.875. The van der Waals surface area contributed by atoms with Crippen molar-refractivity contribution in [2.45, 2.75) is 45.1 Å². The molecule has 1 unspecified atom stereocenters. The maximum Gasteiger partial charge on any atom is 0.236 e. The second-order valence-electron chi connectivity index (χ2n) is 6.63. The summed E-state index contributed by atoms with van der Waals surface area (Å²) in [4.78, 5) is 30.4. The zero-order valence-corrected chi connectivity index (χ0v) is 13.8. The Hall–Kier alpha value is -1.14. The lowest BCUT2D eigenvalue weighted by Crippen LogP contribution is -2.52. The van der Waals surface area contributed by atoms with E-state index in [1.54, 1.807) is 0 Å². The summed E-state index contributed by atoms with van der Waals surface area (Å²) < 4.78 is 0. The molecule has 2 aliphatic rings. The fourth-order valence-electron chi connectivity index (χ4n) is 3.17. The molecule has 2 amide bonds. The van der Waals surface area contributed by atoms with Gasteiger partial charge in [0.15, 0.2) is 0 Å². The molecule has 126 valence electrons. The van der Waals surface area contributed by atoms with E-state index in [1.165, 1.54) is 12.8 Å². The summed E-state index contributed by atoms with van der Waals surface area (Å²) in [6, 6.07) is -0.0878. The maximum absolute atomic E-state index is 12.4. The van der Waals surface area contributed by atoms with Crippen LogP contribution in [0.4, 0.5) is 0 Å². The molecule has 1 atom stereocenters. The van der Waals surface area contributed by atoms with Crippen LogP contribution in [-0.2, 0) is 9.59 Å². The number of nitrogens with zero attached hydrogens (tertiary/aromatic N) is 3. The van der Waals surface area contributed by atoms with Crippen molar-refractivity contribution in [3.8, 4) is 0 Å². The third kappa shape index (κ3) is 5.25. The average molecular weight is 310 g/mol. The Balaban J connectivity index is 1.72. The van der Waals surface area contributed by atoms with Crippen LogP contribution >= 0.6 is 0 Å². The molecule has 22 heavy (non-hydrogen) atoms. The van der Waals surface area contributed by atoms with Crippen LogP contribution in [-0.4, -0.2) is 78.4 Å². The second kappa shape index (κ2) is 8.48. The van der Waals surface area contributed by atoms with Gasteiger partial charge in [-0.3, -0.25) is 14.5 Å². The number of hydrogen-bond donors (Lipinski definition) is 1. The topological polar surface area (TPSA) is 69.9 Å². The van der Waals surface area contributed by atoms with Gasteiger partial charge in [-0.25, -0.2) is 0 Å². The van der Waals surface area contributed by atoms with E-state index in [-0.39, 0.29) is 17.9 Å². The molecule has 0 saturated carbocycles. The van der Waals surface area contributed by atoms with Crippen LogP contribution in [0.1, 0.15) is 39.0 Å². The molecule has 2 aliphatic heterocycles. The van der Waals surface area contributed by atoms with Gasteiger partial charge in [-0.1, -0.05) is 12.8 Å². The van der Waals surface area contributed by atoms with Crippen molar-refractivity contribution in [2.75, 3.05) is 45.8 Å². The van der Waals surface area contributed by atoms with Gasteiger partial charge in [0.05, 0.1) is 6.54 Å². The van der Waals surface area contributed by atoms with E-state index < -0.39 is 0 Å². The predicted molar refractivity (Wildman–Crippen MR) is 86.3 cm³/mol. The number of hydrogen-bond acceptors (Lipinski definition) is 4. The summed E-state index contributed by atoms with van der Waals surface area (Å²) in [6.45, 7) is 7.15. The van der Waals surface area contributed by atoms with Crippen molar-refractivity contribution in [3.05, 3.63) is 0 Å². The average Bonchev–Trinajstić information content (AvgIpc) is 2.76. The number of piperazine rings is 1. The molecule has 0 bridgehead atoms. The number of nitrogens with two attached hydrogens (primary N) is 1. The van der Waals surface area contributed by atoms with Crippen LogP contribution in [0.15, 0.2) is 0 Å². The van der Waals surface area contributed by atoms with Gasteiger partial charge in [0.1, 0.15) is 0 Å². The molecule has 2 saturated heterocycles. The first-order valence-electron chi connectivity index (χ1n) is 8.60. The highest BCUT2D eigenvalue weighted by atomic mass is 16.2. The Bertz CT molecular complexity index is 370. The highest BCUT2D eigenvalue weighted by Gasteiger charge is 2.24. The SMILES string of the molecule is CC(N)CC(=O)N1CCN(CC(=O)N2CCCCCC2)CC1. The Morgan fingerprint density at radius 1 is 0.864 bits per heavy atom. The molecule has 2 fully saturated rings. The van der Waals surface area contributed by atoms with E-state index in [2.05, 4.69) is 4.90 Å². The van der Waals surface area contributed by atoms with Gasteiger partial charge in [0, 0.05) is 51.7 Å². The third-order valence-electron chi connectivity index (χ3n) is 4.54. The summed E-state index contributed by atoms with van der Waals surface area (Å²) >= 11 is 0. The summed E-state index contributed by atoms with van der Waals surface area (Å²) in [5, 5.41) is 0. The van der Waals surface area contributed by atoms with Gasteiger partial charge in [0.25, 0.3) is 0 Å². The van der Waals surface area contributed by atoms with E-state index >= 15 is 0 Å². The molecular formula is C16H30N4O2. The van der Waals surface area contributed by atoms with Crippen LogP contribution in [0, 0.1) is 0 Å². The minimum Gasteiger partial charge on any atom is -0.342 e. The minimum atomic E-state index is -0.0878. The van der Waals surface area contributed by atoms with Gasteiger partial charge in [-0.2, -0.15) is 0 Å². The summed E-state index contributed by atoms with van der Waals surface area (Å²) in [5.74, 6) is 0.380. The molecule has 2 N–H and O–H groups in total. The van der Waals surface area contributed by atoms with Crippen LogP contribution < -0.4 is 5.73 Å². The summed E-state index contributed by atoms with van der Waals surface area (Å²) in [6.07, 6.45) is 5.15. The van der Waals surface area contributed by atoms with Crippen LogP contribution in [0.25, 0.3) is 0 Å². The van der Waals surface area contributed by atoms with Crippen molar-refractivity contribution in [1.82, 2.24) is 14.7 Å². The molecule has 0 aromatic rings. The van der Waals surface area contributed by atoms with Gasteiger partial charge in [-0.05, 0) is 19.8 Å². The first kappa shape index (κ1) is 17.2. The smallest absolute Gasteiger partial charge is 0.236 e. The molecule has 0 aromatic carbocycles. The predicted octanol–water partition coefficient (Wildman–Crippen LogP) is 0.271. The Kier molecular flexibility index (Phi) is 6.64. The van der Waals surface area contributed by atoms with Crippen LogP contribution in [0.3, 0.4) is 0 Å². The number of carbonyl (C=O) groups excluding carboxylic acids is 2. The normalized spacial score (nSPS) is 22.3. The molecule has 6 nitrogen and oxygen atoms in total. The van der Waals surface area contributed by atoms with E-state index in [0.717, 1.165) is 39.0 Å². The quantitative estimate of drug-likeness (QED) is 0.809. The zero-order valence-electron chi connectivity index (χ0n) is 13.8. The van der Waals surface area contributed by atoms with E-state index in [9.17, 15) is 9.59 Å². The van der Waals surface area contributed by atoms with Gasteiger partial charge < -0.3 is 15.5 Å². The Morgan fingerprint density at radius 2 is 1.41 bits per heavy atom. The standard InChI is InChI=1S/C16H30N4O2/c1-14(17)12-15(21)20-10-8-18(9-11-20)13-16(22)19-6-4-2-3-5-7-19/h14H,2-13,17H2,1H3. The van der Waals surface area contributed by atoms with Crippen LogP contribution in [0.5, 0.6) is 0 Å². The lowest BCUT2D eigenvalue weighted by Gasteiger charge is -2.35. The third-order valence-corrected chi connectivity index (χ3v) is 4.54. The largest absolute Gasteiger partial charge is 0.342 e. The second-order valence-corrected chi connectivity index (χ2v) is 6.63. The monoisotopic (exact) mass is 310 g/mol. The highest BCUT2D eigenvalue weighted by Crippen LogP contribution is 2.11. The van der Waals surface area contributed by atoms with E-state index in [0.29, 0.717) is 26.1 Å². The molecule has 2 heterocycles. The van der Waals surface area contributed by atoms with Crippen molar-refractivity contribution in [1.29, 1.82) is 0 Å². The van der Waals surface area contributed by atoms with Gasteiger partial charge >= 0.3 is 0 Å². The fourth-order valence-corrected chi connectivity index (χ4v) is 3.17. The van der Waals surface area contributed by atoms with Gasteiger partial charge in [0.2, 0.25) is 11.8 Å². The highest BCUT2D eigenvalue weighted by molar-refractivity contribution is 5.78. The molecular weight excluding hydrogens is 280 g/mol. The summed E-state index contributed by atoms with van der Waals surface area (Å²) in [5.41, 5.74) is 5.68. The minimum absolute atomic E-state index is 0.0878. The molecule has 0 aliphatic carbocycles. The number of likely N-dealkylation sites (tertiary alicyclic amines) is 1. The van der Waals surface area contributed by atoms with Crippen molar-refractivity contribution >= 4 is 11.8 Å². The van der Waals surface area contributed by atoms with Crippen LogP contribution in [0.2, 0.25) is 0 Å². The lowest BCUT2D eigenvalue weighted by molar-refractivity contribution is -0.135. The van der Waals surface area contributed by atoms with E-state index in [4.69, 9.17) is 5.73 Å². The Morgan fingerprint density at radius 3 is 1.95 bits per heavy atom. The molecule has 6 heteroatoms. The number of rotatable bonds is 4. The summed E-state index contributed by atoms with van der Waals surface area (Å²) in [7, 11) is 0. The number of carbonyl (C=O) groups is 2.